The van der Waals surface area contributed by atoms with E-state index in [-0.39, 0.29) is 6.42 Å². The molecule has 3 nitrogen and oxygen atoms in total. The van der Waals surface area contributed by atoms with Crippen LogP contribution in [0.15, 0.2) is 42.5 Å². The number of carboxylic acids is 1. The molecule has 0 unspecified atom stereocenters. The Morgan fingerprint density at radius 2 is 1.89 bits per heavy atom. The van der Waals surface area contributed by atoms with Crippen molar-refractivity contribution in [2.75, 3.05) is 0 Å². The van der Waals surface area contributed by atoms with E-state index < -0.39 is 5.97 Å². The standard InChI is InChI=1S/C16H17NO2/c18-16(19)11-9-14-8-10-15(17(14)13-6-7-13)12-4-2-1-3-5-12/h1-5,8,10,13H,6-7,9,11H2,(H,18,19). The van der Waals surface area contributed by atoms with Crippen molar-refractivity contribution >= 4 is 5.97 Å². The summed E-state index contributed by atoms with van der Waals surface area (Å²) in [6.07, 6.45) is 3.22. The molecule has 19 heavy (non-hydrogen) atoms. The number of nitrogens with zero attached hydrogens (tertiary/aromatic N) is 1. The topological polar surface area (TPSA) is 42.2 Å². The highest BCUT2D eigenvalue weighted by atomic mass is 16.4. The van der Waals surface area contributed by atoms with Crippen molar-refractivity contribution in [3.05, 3.63) is 48.2 Å². The maximum Gasteiger partial charge on any atom is 0.303 e. The van der Waals surface area contributed by atoms with Gasteiger partial charge in [-0.1, -0.05) is 30.3 Å². The van der Waals surface area contributed by atoms with Crippen molar-refractivity contribution in [1.82, 2.24) is 4.57 Å². The molecule has 0 amide bonds. The van der Waals surface area contributed by atoms with Gasteiger partial charge in [-0.15, -0.1) is 0 Å². The molecule has 3 rings (SSSR count). The third-order valence-electron chi connectivity index (χ3n) is 3.58. The summed E-state index contributed by atoms with van der Waals surface area (Å²) in [5.74, 6) is -0.732. The monoisotopic (exact) mass is 255 g/mol. The van der Waals surface area contributed by atoms with Gasteiger partial charge < -0.3 is 9.67 Å². The Morgan fingerprint density at radius 3 is 2.53 bits per heavy atom. The summed E-state index contributed by atoms with van der Waals surface area (Å²) in [5.41, 5.74) is 3.56. The fourth-order valence-electron chi connectivity index (χ4n) is 2.54. The fraction of sp³-hybridized carbons (Fsp3) is 0.312. The number of carboxylic acid groups (broad SMARTS) is 1. The van der Waals surface area contributed by atoms with E-state index in [0.29, 0.717) is 12.5 Å². The molecule has 3 heteroatoms. The largest absolute Gasteiger partial charge is 0.481 e. The Labute approximate surface area is 112 Å². The molecule has 98 valence electrons. The zero-order valence-corrected chi connectivity index (χ0v) is 10.7. The zero-order valence-electron chi connectivity index (χ0n) is 10.7. The van der Waals surface area contributed by atoms with Crippen molar-refractivity contribution in [2.45, 2.75) is 31.7 Å². The van der Waals surface area contributed by atoms with Gasteiger partial charge >= 0.3 is 5.97 Å². The third-order valence-corrected chi connectivity index (χ3v) is 3.58. The summed E-state index contributed by atoms with van der Waals surface area (Å²) in [7, 11) is 0. The normalized spacial score (nSPS) is 14.5. The minimum atomic E-state index is -0.732. The highest BCUT2D eigenvalue weighted by molar-refractivity contribution is 5.67. The van der Waals surface area contributed by atoms with E-state index in [4.69, 9.17) is 5.11 Å². The van der Waals surface area contributed by atoms with Gasteiger partial charge in [-0.2, -0.15) is 0 Å². The van der Waals surface area contributed by atoms with Crippen LogP contribution in [-0.2, 0) is 11.2 Å². The molecule has 0 radical (unpaired) electrons. The molecular formula is C16H17NO2. The first-order valence-electron chi connectivity index (χ1n) is 6.73. The van der Waals surface area contributed by atoms with Crippen LogP contribution in [0.1, 0.15) is 31.0 Å². The first-order chi connectivity index (χ1) is 9.25. The summed E-state index contributed by atoms with van der Waals surface area (Å²) in [6.45, 7) is 0. The van der Waals surface area contributed by atoms with E-state index in [9.17, 15) is 4.79 Å². The van der Waals surface area contributed by atoms with Crippen LogP contribution in [0.2, 0.25) is 0 Å². The summed E-state index contributed by atoms with van der Waals surface area (Å²) < 4.78 is 2.33. The van der Waals surface area contributed by atoms with Crippen molar-refractivity contribution in [1.29, 1.82) is 0 Å². The van der Waals surface area contributed by atoms with Crippen LogP contribution < -0.4 is 0 Å². The molecule has 1 aliphatic rings. The SMILES string of the molecule is O=C(O)CCc1ccc(-c2ccccc2)n1C1CC1. The average Bonchev–Trinajstić information content (AvgIpc) is 3.17. The molecule has 0 spiro atoms. The zero-order chi connectivity index (χ0) is 13.2. The number of benzene rings is 1. The first kappa shape index (κ1) is 12.0. The van der Waals surface area contributed by atoms with Gasteiger partial charge in [-0.3, -0.25) is 4.79 Å². The Balaban J connectivity index is 1.94. The van der Waals surface area contributed by atoms with Crippen molar-refractivity contribution in [3.8, 4) is 11.3 Å². The number of aryl methyl sites for hydroxylation is 1. The molecule has 1 aromatic heterocycles. The lowest BCUT2D eigenvalue weighted by Gasteiger charge is -2.12. The van der Waals surface area contributed by atoms with Gasteiger partial charge in [-0.25, -0.2) is 0 Å². The number of aromatic nitrogens is 1. The Hall–Kier alpha value is -2.03. The molecule has 0 bridgehead atoms. The van der Waals surface area contributed by atoms with E-state index in [1.807, 2.05) is 18.2 Å². The number of aliphatic carboxylic acids is 1. The van der Waals surface area contributed by atoms with E-state index in [2.05, 4.69) is 28.8 Å². The summed E-state index contributed by atoms with van der Waals surface area (Å²) in [6, 6.07) is 15.1. The second-order valence-corrected chi connectivity index (χ2v) is 5.07. The van der Waals surface area contributed by atoms with E-state index in [0.717, 1.165) is 5.69 Å². The van der Waals surface area contributed by atoms with E-state index in [1.165, 1.54) is 24.1 Å². The maximum atomic E-state index is 10.7. The predicted octanol–water partition coefficient (Wildman–Crippen LogP) is 3.51. The van der Waals surface area contributed by atoms with E-state index in [1.54, 1.807) is 0 Å². The van der Waals surface area contributed by atoms with Crippen molar-refractivity contribution < 1.29 is 9.90 Å². The van der Waals surface area contributed by atoms with Crippen LogP contribution in [0.25, 0.3) is 11.3 Å². The smallest absolute Gasteiger partial charge is 0.303 e. The maximum absolute atomic E-state index is 10.7. The highest BCUT2D eigenvalue weighted by Gasteiger charge is 2.27. The molecule has 0 saturated heterocycles. The van der Waals surface area contributed by atoms with Gasteiger partial charge in [0.25, 0.3) is 0 Å². The molecule has 1 saturated carbocycles. The van der Waals surface area contributed by atoms with Gasteiger partial charge in [0.05, 0.1) is 6.42 Å². The van der Waals surface area contributed by atoms with Gasteiger partial charge in [-0.05, 0) is 37.0 Å². The second kappa shape index (κ2) is 4.92. The Bertz CT molecular complexity index is 582. The Morgan fingerprint density at radius 1 is 1.16 bits per heavy atom. The molecule has 1 aliphatic carbocycles. The average molecular weight is 255 g/mol. The quantitative estimate of drug-likeness (QED) is 0.888. The molecule has 1 aromatic carbocycles. The van der Waals surface area contributed by atoms with Crippen LogP contribution in [0.5, 0.6) is 0 Å². The van der Waals surface area contributed by atoms with Crippen molar-refractivity contribution in [3.63, 3.8) is 0 Å². The lowest BCUT2D eigenvalue weighted by Crippen LogP contribution is -2.05. The number of hydrogen-bond acceptors (Lipinski definition) is 1. The fourth-order valence-corrected chi connectivity index (χ4v) is 2.54. The van der Waals surface area contributed by atoms with Crippen LogP contribution in [-0.4, -0.2) is 15.6 Å². The molecule has 0 atom stereocenters. The number of carbonyl (C=O) groups is 1. The van der Waals surface area contributed by atoms with Crippen LogP contribution >= 0.6 is 0 Å². The highest BCUT2D eigenvalue weighted by Crippen LogP contribution is 2.40. The lowest BCUT2D eigenvalue weighted by molar-refractivity contribution is -0.136. The molecular weight excluding hydrogens is 238 g/mol. The van der Waals surface area contributed by atoms with Crippen LogP contribution in [0.3, 0.4) is 0 Å². The first-order valence-corrected chi connectivity index (χ1v) is 6.73. The third kappa shape index (κ3) is 2.55. The minimum absolute atomic E-state index is 0.199. The van der Waals surface area contributed by atoms with Gasteiger partial charge in [0.15, 0.2) is 0 Å². The molecule has 1 fully saturated rings. The molecule has 1 heterocycles. The molecule has 0 aliphatic heterocycles. The molecule has 1 N–H and O–H groups in total. The van der Waals surface area contributed by atoms with Crippen LogP contribution in [0, 0.1) is 0 Å². The molecule has 2 aromatic rings. The van der Waals surface area contributed by atoms with Gasteiger partial charge in [0, 0.05) is 17.4 Å². The Kier molecular flexibility index (Phi) is 3.11. The predicted molar refractivity (Wildman–Crippen MR) is 74.1 cm³/mol. The van der Waals surface area contributed by atoms with E-state index >= 15 is 0 Å². The summed E-state index contributed by atoms with van der Waals surface area (Å²) in [4.78, 5) is 10.7. The summed E-state index contributed by atoms with van der Waals surface area (Å²) >= 11 is 0. The number of hydrogen-bond donors (Lipinski definition) is 1. The second-order valence-electron chi connectivity index (χ2n) is 5.07. The number of rotatable bonds is 5. The van der Waals surface area contributed by atoms with Crippen LogP contribution in [0.4, 0.5) is 0 Å². The summed E-state index contributed by atoms with van der Waals surface area (Å²) in [5, 5.41) is 8.83. The van der Waals surface area contributed by atoms with Crippen molar-refractivity contribution in [2.24, 2.45) is 0 Å². The van der Waals surface area contributed by atoms with Gasteiger partial charge in [0.2, 0.25) is 0 Å². The minimum Gasteiger partial charge on any atom is -0.481 e. The van der Waals surface area contributed by atoms with Gasteiger partial charge in [0.1, 0.15) is 0 Å². The lowest BCUT2D eigenvalue weighted by atomic mass is 10.1.